The Kier molecular flexibility index (Phi) is 5.17. The first kappa shape index (κ1) is 17.5. The number of benzene rings is 1. The van der Waals surface area contributed by atoms with Crippen molar-refractivity contribution >= 4 is 5.69 Å². The molecule has 0 heterocycles. The number of rotatable bonds is 6. The largest absolute Gasteiger partial charge is 0.512 e. The van der Waals surface area contributed by atoms with Crippen molar-refractivity contribution in [3.63, 3.8) is 0 Å². The molecule has 0 aliphatic heterocycles. The number of aliphatic hydroxyl groups is 2. The first-order valence-corrected chi connectivity index (χ1v) is 8.32. The summed E-state index contributed by atoms with van der Waals surface area (Å²) in [4.78, 5) is 10.4. The lowest BCUT2D eigenvalue weighted by atomic mass is 9.89. The maximum absolute atomic E-state index is 10.9. The molecule has 132 valence electrons. The van der Waals surface area contributed by atoms with Crippen molar-refractivity contribution in [1.29, 1.82) is 0 Å². The smallest absolute Gasteiger partial charge is 0.269 e. The van der Waals surface area contributed by atoms with Gasteiger partial charge in [-0.1, -0.05) is 60.7 Å². The molecule has 0 spiro atoms. The third kappa shape index (κ3) is 4.00. The van der Waals surface area contributed by atoms with Crippen molar-refractivity contribution in [2.24, 2.45) is 0 Å². The van der Waals surface area contributed by atoms with E-state index in [0.717, 1.165) is 16.7 Å². The average molecular weight is 349 g/mol. The van der Waals surface area contributed by atoms with Crippen LogP contribution < -0.4 is 0 Å². The third-order valence-corrected chi connectivity index (χ3v) is 4.45. The van der Waals surface area contributed by atoms with Gasteiger partial charge < -0.3 is 10.2 Å². The Morgan fingerprint density at radius 3 is 1.65 bits per heavy atom. The Morgan fingerprint density at radius 2 is 1.27 bits per heavy atom. The van der Waals surface area contributed by atoms with Gasteiger partial charge in [-0.3, -0.25) is 10.1 Å². The molecule has 0 saturated heterocycles. The fourth-order valence-corrected chi connectivity index (χ4v) is 3.01. The van der Waals surface area contributed by atoms with Gasteiger partial charge in [0.1, 0.15) is 11.5 Å². The summed E-state index contributed by atoms with van der Waals surface area (Å²) in [6.45, 7) is 0. The number of nitro groups is 1. The van der Waals surface area contributed by atoms with Crippen LogP contribution in [-0.4, -0.2) is 15.1 Å². The van der Waals surface area contributed by atoms with Crippen LogP contribution in [0.1, 0.15) is 24.3 Å². The van der Waals surface area contributed by atoms with Crippen LogP contribution in [0.15, 0.2) is 95.5 Å². The van der Waals surface area contributed by atoms with E-state index >= 15 is 0 Å². The summed E-state index contributed by atoms with van der Waals surface area (Å²) in [5, 5.41) is 31.8. The first-order valence-electron chi connectivity index (χ1n) is 8.32. The van der Waals surface area contributed by atoms with E-state index in [1.807, 2.05) is 48.6 Å². The number of aliphatic hydroxyl groups excluding tert-OH is 2. The zero-order valence-electron chi connectivity index (χ0n) is 14.1. The molecular formula is C21H19NO4. The molecule has 2 N–H and O–H groups in total. The minimum Gasteiger partial charge on any atom is -0.512 e. The van der Waals surface area contributed by atoms with Gasteiger partial charge in [-0.2, -0.15) is 0 Å². The standard InChI is InChI=1S/C21H19NO4/c23-20(16-5-1-2-6-16)13-18(14-21(24)17-7-3-4-8-17)15-9-11-19(12-10-15)22(25)26/h1-12,18,23-24H,13-14H2. The van der Waals surface area contributed by atoms with Crippen LogP contribution in [0.4, 0.5) is 5.69 Å². The van der Waals surface area contributed by atoms with E-state index in [-0.39, 0.29) is 23.1 Å². The average Bonchev–Trinajstić information content (AvgIpc) is 3.34. The van der Waals surface area contributed by atoms with Crippen LogP contribution in [0.3, 0.4) is 0 Å². The van der Waals surface area contributed by atoms with E-state index in [2.05, 4.69) is 0 Å². The molecule has 5 nitrogen and oxygen atoms in total. The molecule has 2 aliphatic carbocycles. The fourth-order valence-electron chi connectivity index (χ4n) is 3.01. The van der Waals surface area contributed by atoms with Gasteiger partial charge in [-0.15, -0.1) is 0 Å². The van der Waals surface area contributed by atoms with Crippen LogP contribution in [0.25, 0.3) is 0 Å². The second-order valence-corrected chi connectivity index (χ2v) is 6.19. The van der Waals surface area contributed by atoms with Gasteiger partial charge in [-0.05, 0) is 11.5 Å². The van der Waals surface area contributed by atoms with E-state index in [1.54, 1.807) is 12.1 Å². The Labute approximate surface area is 151 Å². The van der Waals surface area contributed by atoms with Gasteiger partial charge in [0.25, 0.3) is 5.69 Å². The van der Waals surface area contributed by atoms with Gasteiger partial charge >= 0.3 is 0 Å². The zero-order valence-corrected chi connectivity index (χ0v) is 14.1. The van der Waals surface area contributed by atoms with Crippen molar-refractivity contribution in [3.05, 3.63) is 111 Å². The molecule has 1 aromatic rings. The molecule has 0 radical (unpaired) electrons. The van der Waals surface area contributed by atoms with Crippen molar-refractivity contribution in [2.75, 3.05) is 0 Å². The molecule has 5 heteroatoms. The minimum atomic E-state index is -0.445. The van der Waals surface area contributed by atoms with Crippen LogP contribution >= 0.6 is 0 Å². The molecule has 0 atom stereocenters. The number of non-ortho nitro benzene ring substituents is 1. The number of allylic oxidation sites excluding steroid dienone is 12. The molecule has 0 unspecified atom stereocenters. The quantitative estimate of drug-likeness (QED) is 0.413. The molecule has 0 amide bonds. The molecule has 26 heavy (non-hydrogen) atoms. The normalized spacial score (nSPS) is 14.7. The van der Waals surface area contributed by atoms with Crippen molar-refractivity contribution < 1.29 is 15.1 Å². The second-order valence-electron chi connectivity index (χ2n) is 6.19. The highest BCUT2D eigenvalue weighted by Crippen LogP contribution is 2.33. The molecule has 3 rings (SSSR count). The van der Waals surface area contributed by atoms with Gasteiger partial charge in [0.15, 0.2) is 0 Å². The maximum Gasteiger partial charge on any atom is 0.269 e. The predicted octanol–water partition coefficient (Wildman–Crippen LogP) is 5.33. The summed E-state index contributed by atoms with van der Waals surface area (Å²) < 4.78 is 0. The SMILES string of the molecule is O=[N+]([O-])c1ccc(C(CC(O)=C2C=CC=C2)CC(O)=C2C=CC=C2)cc1. The fraction of sp³-hybridized carbons (Fsp3) is 0.143. The van der Waals surface area contributed by atoms with Crippen LogP contribution in [-0.2, 0) is 0 Å². The van der Waals surface area contributed by atoms with E-state index in [0.29, 0.717) is 12.8 Å². The summed E-state index contributed by atoms with van der Waals surface area (Å²) in [7, 11) is 0. The number of nitro benzene ring substituents is 1. The number of nitrogens with zero attached hydrogens (tertiary/aromatic N) is 1. The van der Waals surface area contributed by atoms with Gasteiger partial charge in [0, 0.05) is 36.1 Å². The van der Waals surface area contributed by atoms with E-state index in [9.17, 15) is 20.3 Å². The molecule has 0 saturated carbocycles. The summed E-state index contributed by atoms with van der Waals surface area (Å²) in [6.07, 6.45) is 15.3. The Bertz CT molecular complexity index is 809. The molecular weight excluding hydrogens is 330 g/mol. The van der Waals surface area contributed by atoms with E-state index < -0.39 is 4.92 Å². The van der Waals surface area contributed by atoms with Gasteiger partial charge in [-0.25, -0.2) is 0 Å². The number of hydrogen-bond acceptors (Lipinski definition) is 4. The van der Waals surface area contributed by atoms with E-state index in [1.165, 1.54) is 12.1 Å². The van der Waals surface area contributed by atoms with Crippen molar-refractivity contribution in [1.82, 2.24) is 0 Å². The minimum absolute atomic E-state index is 0.0148. The summed E-state index contributed by atoms with van der Waals surface area (Å²) in [5.74, 6) is 0.253. The lowest BCUT2D eigenvalue weighted by Gasteiger charge is -2.18. The molecule has 1 aromatic carbocycles. The Hall–Kier alpha value is -3.34. The monoisotopic (exact) mass is 349 g/mol. The predicted molar refractivity (Wildman–Crippen MR) is 101 cm³/mol. The Morgan fingerprint density at radius 1 is 0.846 bits per heavy atom. The number of hydrogen-bond donors (Lipinski definition) is 2. The van der Waals surface area contributed by atoms with Crippen LogP contribution in [0.5, 0.6) is 0 Å². The van der Waals surface area contributed by atoms with Gasteiger partial charge in [0.05, 0.1) is 4.92 Å². The maximum atomic E-state index is 10.9. The highest BCUT2D eigenvalue weighted by atomic mass is 16.6. The molecule has 2 aliphatic rings. The van der Waals surface area contributed by atoms with Crippen molar-refractivity contribution in [3.8, 4) is 0 Å². The summed E-state index contributed by atoms with van der Waals surface area (Å²) >= 11 is 0. The molecule has 0 bridgehead atoms. The second kappa shape index (κ2) is 7.70. The van der Waals surface area contributed by atoms with Crippen molar-refractivity contribution in [2.45, 2.75) is 18.8 Å². The third-order valence-electron chi connectivity index (χ3n) is 4.45. The summed E-state index contributed by atoms with van der Waals surface area (Å²) in [6, 6.07) is 6.25. The zero-order chi connectivity index (χ0) is 18.5. The van der Waals surface area contributed by atoms with Crippen LogP contribution in [0, 0.1) is 10.1 Å². The summed E-state index contributed by atoms with van der Waals surface area (Å²) in [5.41, 5.74) is 2.32. The first-order chi connectivity index (χ1) is 12.5. The lowest BCUT2D eigenvalue weighted by molar-refractivity contribution is -0.384. The molecule has 0 aromatic heterocycles. The molecule has 0 fully saturated rings. The topological polar surface area (TPSA) is 83.6 Å². The van der Waals surface area contributed by atoms with Crippen LogP contribution in [0.2, 0.25) is 0 Å². The highest BCUT2D eigenvalue weighted by molar-refractivity contribution is 5.44. The van der Waals surface area contributed by atoms with Gasteiger partial charge in [0.2, 0.25) is 0 Å². The Balaban J connectivity index is 1.89. The highest BCUT2D eigenvalue weighted by Gasteiger charge is 2.19. The lowest BCUT2D eigenvalue weighted by Crippen LogP contribution is -2.05. The van der Waals surface area contributed by atoms with E-state index in [4.69, 9.17) is 0 Å².